The van der Waals surface area contributed by atoms with Crippen LogP contribution in [0.3, 0.4) is 0 Å². The third kappa shape index (κ3) is 4.51. The van der Waals surface area contributed by atoms with Gasteiger partial charge in [-0.25, -0.2) is 0 Å². The molecule has 0 fully saturated rings. The summed E-state index contributed by atoms with van der Waals surface area (Å²) in [5, 5.41) is 0. The van der Waals surface area contributed by atoms with E-state index in [1.54, 1.807) is 0 Å². The van der Waals surface area contributed by atoms with Gasteiger partial charge in [0.2, 0.25) is 0 Å². The van der Waals surface area contributed by atoms with Crippen molar-refractivity contribution >= 4 is 36.5 Å². The predicted octanol–water partition coefficient (Wildman–Crippen LogP) is -2.39. The molecule has 0 rings (SSSR count). The van der Waals surface area contributed by atoms with Gasteiger partial charge in [0.05, 0.1) is 0 Å². The third-order valence-electron chi connectivity index (χ3n) is 0.110. The quantitative estimate of drug-likeness (QED) is 0.465. The molecule has 3 N–H and O–H groups in total. The van der Waals surface area contributed by atoms with E-state index in [0.29, 0.717) is 4.67 Å². The molecule has 0 aliphatic rings. The maximum absolute atomic E-state index is 5.03. The van der Waals surface area contributed by atoms with E-state index in [2.05, 4.69) is 36.1 Å². The van der Waals surface area contributed by atoms with Crippen LogP contribution in [0.25, 0.3) is 0 Å². The molecule has 0 atom stereocenters. The van der Waals surface area contributed by atoms with Crippen molar-refractivity contribution in [2.24, 2.45) is 5.73 Å². The molecule has 0 aromatic heterocycles. The maximum atomic E-state index is 5.03. The zero-order valence-corrected chi connectivity index (χ0v) is 6.02. The first kappa shape index (κ1) is 5.51. The van der Waals surface area contributed by atoms with Gasteiger partial charge in [-0.1, -0.05) is 0 Å². The van der Waals surface area contributed by atoms with E-state index in [-0.39, 0.29) is 0 Å². The van der Waals surface area contributed by atoms with Crippen molar-refractivity contribution in [2.45, 2.75) is 0 Å². The first-order valence-corrected chi connectivity index (χ1v) is 2.76. The van der Waals surface area contributed by atoms with Crippen LogP contribution in [0.4, 0.5) is 0 Å². The van der Waals surface area contributed by atoms with Crippen molar-refractivity contribution in [2.75, 3.05) is 0 Å². The minimum absolute atomic E-state index is 0.602. The van der Waals surface area contributed by atoms with Crippen molar-refractivity contribution in [3.8, 4) is 0 Å². The first-order valence-electron chi connectivity index (χ1n) is 0.966. The Labute approximate surface area is 46.9 Å². The molecule has 0 unspecified atom stereocenters. The van der Waals surface area contributed by atoms with Gasteiger partial charge >= 0.3 is 46.5 Å². The van der Waals surface area contributed by atoms with Gasteiger partial charge in [0.1, 0.15) is 0 Å². The van der Waals surface area contributed by atoms with Gasteiger partial charge in [-0.05, 0) is 0 Å². The van der Waals surface area contributed by atoms with E-state index in [4.69, 9.17) is 5.73 Å². The fourth-order valence-electron chi connectivity index (χ4n) is 0. The normalized spacial score (nSPS) is 6.60. The molecule has 0 amide bonds. The fourth-order valence-corrected chi connectivity index (χ4v) is 0. The van der Waals surface area contributed by atoms with Crippen molar-refractivity contribution < 1.29 is 0 Å². The summed E-state index contributed by atoms with van der Waals surface area (Å²) in [6.45, 7) is 0. The van der Waals surface area contributed by atoms with Crippen LogP contribution in [-0.2, 0) is 0 Å². The number of nitrogens with one attached hydrogen (secondary N) is 1. The van der Waals surface area contributed by atoms with Crippen LogP contribution in [0.2, 0.25) is 0 Å². The van der Waals surface area contributed by atoms with E-state index in [1.165, 1.54) is 0 Å². The molecule has 5 heavy (non-hydrogen) atoms. The van der Waals surface area contributed by atoms with E-state index in [1.807, 2.05) is 0 Å². The predicted molar refractivity (Wildman–Crippen MR) is 25.2 cm³/mol. The molecule has 0 aliphatic heterocycles. The van der Waals surface area contributed by atoms with Crippen LogP contribution in [0.1, 0.15) is 0 Å². The average Bonchev–Trinajstić information content (AvgIpc) is 1.38. The molecule has 0 heterocycles. The summed E-state index contributed by atoms with van der Waals surface area (Å²) in [4.78, 5) is 0. The monoisotopic (exact) mass is 204 g/mol. The Morgan fingerprint density at radius 1 is 2.00 bits per heavy atom. The van der Waals surface area contributed by atoms with Gasteiger partial charge < -0.3 is 0 Å². The summed E-state index contributed by atoms with van der Waals surface area (Å²) in [5.74, 6) is 0. The zero-order chi connectivity index (χ0) is 4.28. The molecule has 0 aromatic carbocycles. The van der Waals surface area contributed by atoms with Crippen LogP contribution in [0.5, 0.6) is 0 Å². The average molecular weight is 202 g/mol. The second kappa shape index (κ2) is 2.73. The van der Waals surface area contributed by atoms with Crippen molar-refractivity contribution in [3.63, 3.8) is 0 Å². The minimum atomic E-state index is 0.602. The third-order valence-corrected chi connectivity index (χ3v) is 1.57. The van der Waals surface area contributed by atoms with E-state index in [9.17, 15) is 0 Å². The molecule has 30 valence electrons. The molecule has 2 nitrogen and oxygen atoms in total. The van der Waals surface area contributed by atoms with Crippen molar-refractivity contribution in [1.29, 1.82) is 0 Å². The number of nitrogens with two attached hydrogens (primary N) is 1. The Bertz CT molecular complexity index is 42.9. The van der Waals surface area contributed by atoms with E-state index < -0.39 is 0 Å². The molecule has 0 saturated carbocycles. The van der Waals surface area contributed by atoms with Gasteiger partial charge in [0.25, 0.3) is 0 Å². The van der Waals surface area contributed by atoms with Crippen LogP contribution in [-0.4, -0.2) is 36.5 Å². The Kier molecular flexibility index (Phi) is 3.01. The molecule has 0 aromatic rings. The van der Waals surface area contributed by atoms with Gasteiger partial charge in [-0.15, -0.1) is 0 Å². The first-order chi connectivity index (χ1) is 2.27. The van der Waals surface area contributed by atoms with Crippen LogP contribution >= 0.6 is 0 Å². The zero-order valence-electron chi connectivity index (χ0n) is 2.43. The summed E-state index contributed by atoms with van der Waals surface area (Å²) in [7, 11) is 0. The van der Waals surface area contributed by atoms with E-state index >= 15 is 0 Å². The second-order valence-electron chi connectivity index (χ2n) is 0.476. The summed E-state index contributed by atoms with van der Waals surface area (Å²) in [6, 6.07) is 0. The molecular weight excluding hydrogens is 198 g/mol. The molecule has 0 aliphatic carbocycles. The summed E-state index contributed by atoms with van der Waals surface area (Å²) < 4.78 is 3.21. The standard InChI is InChI=1S/CH4N2Se2/c2-1(4)3-5/h5H,(H3,2,3,4). The van der Waals surface area contributed by atoms with Crippen molar-refractivity contribution in [1.82, 2.24) is 4.33 Å². The van der Waals surface area contributed by atoms with Crippen LogP contribution in [0, 0.1) is 0 Å². The molecule has 4 heteroatoms. The molecule has 0 spiro atoms. The Morgan fingerprint density at radius 3 is 2.20 bits per heavy atom. The topological polar surface area (TPSA) is 38.0 Å². The molecule has 0 saturated heterocycles. The SMILES string of the molecule is NC(=[Se])N[SeH]. The van der Waals surface area contributed by atoms with Gasteiger partial charge in [-0.2, -0.15) is 0 Å². The van der Waals surface area contributed by atoms with Gasteiger partial charge in [0, 0.05) is 0 Å². The number of hydrogen-bond donors (Lipinski definition) is 2. The second-order valence-corrected chi connectivity index (χ2v) is 1.87. The number of rotatable bonds is 1. The van der Waals surface area contributed by atoms with Gasteiger partial charge in [0.15, 0.2) is 0 Å². The Morgan fingerprint density at radius 2 is 2.20 bits per heavy atom. The van der Waals surface area contributed by atoms with Crippen LogP contribution < -0.4 is 10.1 Å². The van der Waals surface area contributed by atoms with Crippen LogP contribution in [0.15, 0.2) is 0 Å². The molecule has 0 bridgehead atoms. The van der Waals surface area contributed by atoms with E-state index in [0.717, 1.165) is 0 Å². The summed E-state index contributed by atoms with van der Waals surface area (Å²) >= 11 is 4.68. The number of hydrogen-bond acceptors (Lipinski definition) is 2. The molecular formula is CH4N2Se2. The molecule has 0 radical (unpaired) electrons. The summed E-state index contributed by atoms with van der Waals surface area (Å²) in [6.07, 6.45) is 0. The fraction of sp³-hybridized carbons (Fsp3) is 0. The summed E-state index contributed by atoms with van der Waals surface area (Å²) in [5.41, 5.74) is 5.03. The van der Waals surface area contributed by atoms with Gasteiger partial charge in [-0.3, -0.25) is 0 Å². The Balaban J connectivity index is 2.85. The van der Waals surface area contributed by atoms with Crippen molar-refractivity contribution in [3.05, 3.63) is 0 Å². The Hall–Kier alpha value is 0.509.